The highest BCUT2D eigenvalue weighted by Gasteiger charge is 2.40. The molecule has 0 atom stereocenters. The normalized spacial score (nSPS) is 14.7. The van der Waals surface area contributed by atoms with E-state index in [-0.39, 0.29) is 84.4 Å². The first-order valence-electron chi connectivity index (χ1n) is 30.6. The van der Waals surface area contributed by atoms with Gasteiger partial charge in [0.1, 0.15) is 11.5 Å². The van der Waals surface area contributed by atoms with Crippen molar-refractivity contribution in [3.05, 3.63) is 250 Å². The molecule has 0 spiro atoms. The fourth-order valence-corrected chi connectivity index (χ4v) is 13.3. The number of carbonyl (C=O) groups excluding carboxylic acids is 8. The van der Waals surface area contributed by atoms with Gasteiger partial charge in [-0.1, -0.05) is 62.1 Å². The van der Waals surface area contributed by atoms with Crippen LogP contribution in [0.5, 0.6) is 23.3 Å². The van der Waals surface area contributed by atoms with Crippen molar-refractivity contribution in [2.24, 2.45) is 0 Å². The topological polar surface area (TPSA) is 203 Å². The Kier molecular flexibility index (Phi) is 15.3. The Labute approximate surface area is 528 Å². The molecule has 2 fully saturated rings. The van der Waals surface area contributed by atoms with Gasteiger partial charge in [0, 0.05) is 105 Å². The van der Waals surface area contributed by atoms with Gasteiger partial charge in [-0.2, -0.15) is 0 Å². The van der Waals surface area contributed by atoms with Gasteiger partial charge in [-0.15, -0.1) is 0 Å². The summed E-state index contributed by atoms with van der Waals surface area (Å²) >= 11 is 0. The number of hydrogen-bond donors (Lipinski definition) is 0. The lowest BCUT2D eigenvalue weighted by Gasteiger charge is -2.29. The highest BCUT2D eigenvalue weighted by molar-refractivity contribution is 6.39. The molecule has 92 heavy (non-hydrogen) atoms. The molecule has 454 valence electrons. The summed E-state index contributed by atoms with van der Waals surface area (Å²) in [5.41, 5.74) is 4.92. The van der Waals surface area contributed by atoms with Crippen molar-refractivity contribution < 1.29 is 52.6 Å². The zero-order valence-corrected chi connectivity index (χ0v) is 50.2. The highest BCUT2D eigenvalue weighted by Crippen LogP contribution is 2.42. The van der Waals surface area contributed by atoms with E-state index in [0.717, 1.165) is 53.9 Å². The first kappa shape index (κ1) is 58.2. The van der Waals surface area contributed by atoms with E-state index in [4.69, 9.17) is 14.2 Å². The van der Waals surface area contributed by atoms with Crippen LogP contribution in [0.3, 0.4) is 0 Å². The van der Waals surface area contributed by atoms with Gasteiger partial charge in [0.05, 0.1) is 29.0 Å². The summed E-state index contributed by atoms with van der Waals surface area (Å²) in [6, 6.07) is 50.4. The number of likely N-dealkylation sites (N-methyl/N-ethyl adjacent to an activating group) is 1. The van der Waals surface area contributed by atoms with E-state index < -0.39 is 47.3 Å². The summed E-state index contributed by atoms with van der Waals surface area (Å²) in [5, 5.41) is 0.533. The fraction of sp³-hybridized carbons (Fsp3) is 0.173. The van der Waals surface area contributed by atoms with E-state index in [1.165, 1.54) is 96.4 Å². The number of aromatic nitrogens is 2. The minimum atomic E-state index is -0.841. The van der Waals surface area contributed by atoms with Crippen molar-refractivity contribution in [3.8, 4) is 23.3 Å². The summed E-state index contributed by atoms with van der Waals surface area (Å²) in [6.45, 7) is -0.176. The molecule has 10 aromatic rings. The third-order valence-corrected chi connectivity index (χ3v) is 18.1. The van der Waals surface area contributed by atoms with Crippen molar-refractivity contribution in [2.45, 2.75) is 63.2 Å². The van der Waals surface area contributed by atoms with E-state index in [1.807, 2.05) is 24.3 Å². The molecule has 0 saturated heterocycles. The summed E-state index contributed by atoms with van der Waals surface area (Å²) in [7, 11) is 3.30. The molecule has 0 bridgehead atoms. The molecule has 2 saturated carbocycles. The second-order valence-corrected chi connectivity index (χ2v) is 23.5. The van der Waals surface area contributed by atoms with Gasteiger partial charge in [0.25, 0.3) is 29.5 Å². The predicted molar refractivity (Wildman–Crippen MR) is 347 cm³/mol. The lowest BCUT2D eigenvalue weighted by molar-refractivity contribution is 0.0719. The highest BCUT2D eigenvalue weighted by atomic mass is 16.5. The molecular formula is C75H58N6O11. The number of ether oxygens (including phenoxy) is 3. The smallest absolute Gasteiger partial charge is 0.345 e. The first-order valence-corrected chi connectivity index (χ1v) is 30.6. The zero-order valence-electron chi connectivity index (χ0n) is 50.2. The molecule has 8 aromatic carbocycles. The quantitative estimate of drug-likeness (QED) is 0.0502. The van der Waals surface area contributed by atoms with Gasteiger partial charge >= 0.3 is 11.9 Å². The van der Waals surface area contributed by atoms with Gasteiger partial charge < -0.3 is 24.0 Å². The van der Waals surface area contributed by atoms with Crippen LogP contribution in [0.4, 0.5) is 22.7 Å². The number of pyridine rings is 2. The molecule has 5 amide bonds. The van der Waals surface area contributed by atoms with Gasteiger partial charge in [-0.05, 0) is 182 Å². The van der Waals surface area contributed by atoms with Crippen LogP contribution < -0.4 is 33.8 Å². The van der Waals surface area contributed by atoms with E-state index in [1.54, 1.807) is 116 Å². The Morgan fingerprint density at radius 2 is 0.826 bits per heavy atom. The Morgan fingerprint density at radius 1 is 0.435 bits per heavy atom. The number of nitrogens with zero attached hydrogens (tertiary/aromatic N) is 6. The Balaban J connectivity index is 0.693. The van der Waals surface area contributed by atoms with Crippen LogP contribution in [-0.4, -0.2) is 77.9 Å². The number of rotatable bonds is 16. The summed E-state index contributed by atoms with van der Waals surface area (Å²) < 4.78 is 17.6. The Morgan fingerprint density at radius 3 is 1.24 bits per heavy atom. The van der Waals surface area contributed by atoms with Gasteiger partial charge in [-0.3, -0.25) is 28.8 Å². The van der Waals surface area contributed by atoms with E-state index >= 15 is 0 Å². The molecular weight excluding hydrogens is 1160 g/mol. The van der Waals surface area contributed by atoms with Crippen LogP contribution in [0.2, 0.25) is 0 Å². The molecule has 0 N–H and O–H groups in total. The number of carbonyl (C=O) groups is 8. The number of imide groups is 2. The van der Waals surface area contributed by atoms with Gasteiger partial charge in [0.2, 0.25) is 11.8 Å². The van der Waals surface area contributed by atoms with Crippen molar-refractivity contribution in [3.63, 3.8) is 0 Å². The SMILES string of the molecule is CN(CC(=O)c1ccc2c3c(ccc(C(=O)Oc4ccccn4)c13)C(=O)N(c1ccc(C3CCCC3)cc1)C2=O)c1ccc(Oc2ccc(N(C)C(=O)c3ccc4c5c(ccc(C(=O)Oc6ccccn6)c35)C(=O)N(c3ccc(C5CCCC5)cc3)C4=O)cc2)cc1. The largest absolute Gasteiger partial charge is 0.457 e. The van der Waals surface area contributed by atoms with Gasteiger partial charge in [0.15, 0.2) is 5.78 Å². The average molecular weight is 1220 g/mol. The van der Waals surface area contributed by atoms with E-state index in [9.17, 15) is 38.4 Å². The maximum Gasteiger partial charge on any atom is 0.345 e. The predicted octanol–water partition coefficient (Wildman–Crippen LogP) is 14.5. The van der Waals surface area contributed by atoms with E-state index in [2.05, 4.69) is 9.97 Å². The maximum atomic E-state index is 14.8. The van der Waals surface area contributed by atoms with Crippen LogP contribution in [0.1, 0.15) is 157 Å². The number of benzene rings is 8. The van der Waals surface area contributed by atoms with Crippen molar-refractivity contribution in [2.75, 3.05) is 40.2 Å². The number of anilines is 4. The lowest BCUT2D eigenvalue weighted by Crippen LogP contribution is -2.41. The second-order valence-electron chi connectivity index (χ2n) is 23.5. The molecule has 4 aliphatic rings. The minimum absolute atomic E-state index is 0.0182. The maximum absolute atomic E-state index is 14.8. The number of Topliss-reactive ketones (excluding diaryl/α,β-unsaturated/α-hetero) is 1. The summed E-state index contributed by atoms with van der Waals surface area (Å²) in [4.78, 5) is 129. The third kappa shape index (κ3) is 10.7. The molecule has 17 heteroatoms. The van der Waals surface area contributed by atoms with Crippen molar-refractivity contribution in [1.29, 1.82) is 0 Å². The van der Waals surface area contributed by atoms with Gasteiger partial charge in [-0.25, -0.2) is 29.4 Å². The summed E-state index contributed by atoms with van der Waals surface area (Å²) in [5.74, 6) is -3.19. The number of hydrogen-bond acceptors (Lipinski definition) is 14. The zero-order chi connectivity index (χ0) is 63.3. The molecule has 4 heterocycles. The number of amides is 5. The monoisotopic (exact) mass is 1220 g/mol. The van der Waals surface area contributed by atoms with Crippen molar-refractivity contribution >= 4 is 91.6 Å². The molecule has 2 aromatic heterocycles. The Bertz CT molecular complexity index is 4620. The van der Waals surface area contributed by atoms with E-state index in [0.29, 0.717) is 46.1 Å². The minimum Gasteiger partial charge on any atom is -0.457 e. The molecule has 2 aliphatic heterocycles. The average Bonchev–Trinajstić information content (AvgIpc) is 0.974. The first-order chi connectivity index (χ1) is 44.8. The Hall–Kier alpha value is -11.5. The molecule has 14 rings (SSSR count). The van der Waals surface area contributed by atoms with Crippen LogP contribution in [0, 0.1) is 0 Å². The standard InChI is InChI=1S/C75H58N6O11/c1-78(43-62(82)54-33-34-56-66-58(37-39-60(65(54)66)74(88)91-63-15-7-9-41-76-63)72(86)80(70(56)84)50-21-17-46(18-22-50)44-11-3-4-12-44)48-25-29-52(30-26-48)90-53-31-27-49(28-32-53)79(2)69(83)55-35-36-57-67-59(38-40-61(68(55)67)75(89)92-64-16-8-10-42-77-64)73(87)81(71(57)85)51-23-19-47(20-24-51)45-13-5-6-14-45/h7-10,15-42,44-45H,3-6,11-14,43H2,1-2H3. The number of ketones is 1. The van der Waals surface area contributed by atoms with Crippen LogP contribution in [0.25, 0.3) is 21.5 Å². The second kappa shape index (κ2) is 24.1. The lowest BCUT2D eigenvalue weighted by atomic mass is 9.87. The van der Waals surface area contributed by atoms with Crippen LogP contribution in [0.15, 0.2) is 194 Å². The molecule has 17 nitrogen and oxygen atoms in total. The van der Waals surface area contributed by atoms with Crippen LogP contribution >= 0.6 is 0 Å². The number of esters is 2. The van der Waals surface area contributed by atoms with Crippen molar-refractivity contribution in [1.82, 2.24) is 9.97 Å². The molecule has 0 radical (unpaired) electrons. The molecule has 2 aliphatic carbocycles. The summed E-state index contributed by atoms with van der Waals surface area (Å²) in [6.07, 6.45) is 12.0. The fourth-order valence-electron chi connectivity index (χ4n) is 13.3. The third-order valence-electron chi connectivity index (χ3n) is 18.1. The molecule has 0 unspecified atom stereocenters. The van der Waals surface area contributed by atoms with Crippen LogP contribution in [-0.2, 0) is 0 Å².